The molecule has 0 radical (unpaired) electrons. The third kappa shape index (κ3) is 3.59. The highest BCUT2D eigenvalue weighted by molar-refractivity contribution is 7.14. The van der Waals surface area contributed by atoms with E-state index < -0.39 is 0 Å². The highest BCUT2D eigenvalue weighted by atomic mass is 32.1. The zero-order valence-corrected chi connectivity index (χ0v) is 15.0. The molecule has 128 valence electrons. The minimum absolute atomic E-state index is 0.280. The molecule has 1 aromatic heterocycles. The first-order chi connectivity index (χ1) is 11.7. The molecular weight excluding hydrogens is 322 g/mol. The van der Waals surface area contributed by atoms with Crippen LogP contribution in [-0.2, 0) is 4.79 Å². The average molecular weight is 345 g/mol. The number of rotatable bonds is 5. The summed E-state index contributed by atoms with van der Waals surface area (Å²) in [5, 5.41) is 10.7. The number of para-hydroxylation sites is 1. The molecule has 6 heteroatoms. The fourth-order valence-corrected chi connectivity index (χ4v) is 4.12. The number of carbonyl (C=O) groups excluding carboxylic acids is 1. The van der Waals surface area contributed by atoms with Gasteiger partial charge in [0.05, 0.1) is 12.7 Å². The van der Waals surface area contributed by atoms with Gasteiger partial charge in [0.1, 0.15) is 10.8 Å². The van der Waals surface area contributed by atoms with Crippen molar-refractivity contribution in [1.82, 2.24) is 15.1 Å². The molecule has 0 aliphatic carbocycles. The molecule has 0 unspecified atom stereocenters. The van der Waals surface area contributed by atoms with Crippen LogP contribution in [0.15, 0.2) is 24.3 Å². The van der Waals surface area contributed by atoms with Crippen LogP contribution < -0.4 is 4.74 Å². The van der Waals surface area contributed by atoms with Crippen molar-refractivity contribution < 1.29 is 9.53 Å². The summed E-state index contributed by atoms with van der Waals surface area (Å²) >= 11 is 1.64. The number of ether oxygens (including phenoxy) is 1. The predicted octanol–water partition coefficient (Wildman–Crippen LogP) is 3.72. The third-order valence-corrected chi connectivity index (χ3v) is 5.56. The van der Waals surface area contributed by atoms with Crippen LogP contribution >= 0.6 is 11.3 Å². The second-order valence-electron chi connectivity index (χ2n) is 6.05. The van der Waals surface area contributed by atoms with Crippen LogP contribution in [0.4, 0.5) is 0 Å². The Labute approximate surface area is 146 Å². The normalized spacial score (nSPS) is 15.5. The summed E-state index contributed by atoms with van der Waals surface area (Å²) in [4.78, 5) is 14.0. The molecule has 0 bridgehead atoms. The van der Waals surface area contributed by atoms with Gasteiger partial charge in [-0.1, -0.05) is 30.4 Å². The van der Waals surface area contributed by atoms with Crippen molar-refractivity contribution >= 4 is 17.2 Å². The first-order valence-electron chi connectivity index (χ1n) is 8.47. The van der Waals surface area contributed by atoms with E-state index in [0.29, 0.717) is 12.3 Å². The quantitative estimate of drug-likeness (QED) is 0.829. The standard InChI is InChI=1S/C18H23N3O2S/c1-3-6-16(22)21-11-9-13(10-12-21)17-19-20-18(24-17)14-7-4-5-8-15(14)23-2/h4-5,7-8,13H,3,6,9-12H2,1-2H3. The van der Waals surface area contributed by atoms with Crippen LogP contribution in [0.2, 0.25) is 0 Å². The van der Waals surface area contributed by atoms with Crippen LogP contribution in [0.1, 0.15) is 43.5 Å². The smallest absolute Gasteiger partial charge is 0.222 e. The molecule has 24 heavy (non-hydrogen) atoms. The Kier molecular flexibility index (Phi) is 5.45. The number of methoxy groups -OCH3 is 1. The van der Waals surface area contributed by atoms with Crippen molar-refractivity contribution in [3.05, 3.63) is 29.3 Å². The Hall–Kier alpha value is -1.95. The van der Waals surface area contributed by atoms with Gasteiger partial charge in [-0.25, -0.2) is 0 Å². The van der Waals surface area contributed by atoms with Crippen LogP contribution in [0, 0.1) is 0 Å². The molecule has 0 atom stereocenters. The van der Waals surface area contributed by atoms with Gasteiger partial charge in [0.15, 0.2) is 5.01 Å². The SMILES string of the molecule is CCCC(=O)N1CCC(c2nnc(-c3ccccc3OC)s2)CC1. The lowest BCUT2D eigenvalue weighted by Gasteiger charge is -2.30. The van der Waals surface area contributed by atoms with Crippen LogP contribution in [0.25, 0.3) is 10.6 Å². The fraction of sp³-hybridized carbons (Fsp3) is 0.500. The number of piperidine rings is 1. The maximum absolute atomic E-state index is 12.0. The van der Waals surface area contributed by atoms with Crippen molar-refractivity contribution in [2.45, 2.75) is 38.5 Å². The Morgan fingerprint density at radius 2 is 2.04 bits per heavy atom. The second kappa shape index (κ2) is 7.75. The maximum atomic E-state index is 12.0. The topological polar surface area (TPSA) is 55.3 Å². The van der Waals surface area contributed by atoms with E-state index in [-0.39, 0.29) is 5.91 Å². The number of nitrogens with zero attached hydrogens (tertiary/aromatic N) is 3. The predicted molar refractivity (Wildman–Crippen MR) is 95.4 cm³/mol. The molecule has 3 rings (SSSR count). The zero-order chi connectivity index (χ0) is 16.9. The number of amides is 1. The zero-order valence-electron chi connectivity index (χ0n) is 14.2. The van der Waals surface area contributed by atoms with E-state index in [1.165, 1.54) is 0 Å². The van der Waals surface area contributed by atoms with Crippen LogP contribution in [0.3, 0.4) is 0 Å². The first kappa shape index (κ1) is 16.9. The van der Waals surface area contributed by atoms with Crippen LogP contribution in [-0.4, -0.2) is 41.2 Å². The van der Waals surface area contributed by atoms with Crippen molar-refractivity contribution in [3.8, 4) is 16.3 Å². The van der Waals surface area contributed by atoms with Gasteiger partial charge >= 0.3 is 0 Å². The van der Waals surface area contributed by atoms with E-state index in [1.54, 1.807) is 18.4 Å². The van der Waals surface area contributed by atoms with Gasteiger partial charge in [-0.2, -0.15) is 0 Å². The van der Waals surface area contributed by atoms with Gasteiger partial charge in [-0.3, -0.25) is 4.79 Å². The summed E-state index contributed by atoms with van der Waals surface area (Å²) in [6.07, 6.45) is 3.50. The maximum Gasteiger partial charge on any atom is 0.222 e. The van der Waals surface area contributed by atoms with E-state index in [4.69, 9.17) is 4.74 Å². The second-order valence-corrected chi connectivity index (χ2v) is 7.06. The monoisotopic (exact) mass is 345 g/mol. The Morgan fingerprint density at radius 1 is 1.29 bits per heavy atom. The minimum atomic E-state index is 0.280. The molecule has 1 aliphatic heterocycles. The molecule has 1 fully saturated rings. The molecule has 1 amide bonds. The molecular formula is C18H23N3O2S. The van der Waals surface area contributed by atoms with Gasteiger partial charge in [0, 0.05) is 25.4 Å². The van der Waals surface area contributed by atoms with E-state index in [1.807, 2.05) is 36.1 Å². The molecule has 2 aromatic rings. The summed E-state index contributed by atoms with van der Waals surface area (Å²) in [5.41, 5.74) is 0.985. The van der Waals surface area contributed by atoms with E-state index >= 15 is 0 Å². The molecule has 2 heterocycles. The molecule has 1 saturated heterocycles. The molecule has 0 spiro atoms. The third-order valence-electron chi connectivity index (χ3n) is 4.44. The Bertz CT molecular complexity index is 693. The molecule has 1 aliphatic rings. The summed E-state index contributed by atoms with van der Waals surface area (Å²) < 4.78 is 5.41. The highest BCUT2D eigenvalue weighted by Crippen LogP contribution is 2.36. The van der Waals surface area contributed by atoms with Crippen molar-refractivity contribution in [3.63, 3.8) is 0 Å². The molecule has 5 nitrogen and oxygen atoms in total. The number of likely N-dealkylation sites (tertiary alicyclic amines) is 1. The summed E-state index contributed by atoms with van der Waals surface area (Å²) in [6, 6.07) is 7.88. The largest absolute Gasteiger partial charge is 0.496 e. The minimum Gasteiger partial charge on any atom is -0.496 e. The molecule has 0 saturated carbocycles. The number of hydrogen-bond acceptors (Lipinski definition) is 5. The van der Waals surface area contributed by atoms with E-state index in [0.717, 1.165) is 53.7 Å². The summed E-state index contributed by atoms with van der Waals surface area (Å²) in [7, 11) is 1.67. The van der Waals surface area contributed by atoms with Gasteiger partial charge in [0.2, 0.25) is 5.91 Å². The lowest BCUT2D eigenvalue weighted by atomic mass is 9.97. The van der Waals surface area contributed by atoms with Crippen molar-refractivity contribution in [2.24, 2.45) is 0 Å². The van der Waals surface area contributed by atoms with Gasteiger partial charge < -0.3 is 9.64 Å². The van der Waals surface area contributed by atoms with Crippen molar-refractivity contribution in [1.29, 1.82) is 0 Å². The molecule has 0 N–H and O–H groups in total. The van der Waals surface area contributed by atoms with Gasteiger partial charge in [-0.05, 0) is 31.4 Å². The summed E-state index contributed by atoms with van der Waals surface area (Å²) in [6.45, 7) is 3.70. The van der Waals surface area contributed by atoms with E-state index in [2.05, 4.69) is 10.2 Å². The Balaban J connectivity index is 1.68. The lowest BCUT2D eigenvalue weighted by molar-refractivity contribution is -0.132. The number of benzene rings is 1. The average Bonchev–Trinajstić information content (AvgIpc) is 3.12. The lowest BCUT2D eigenvalue weighted by Crippen LogP contribution is -2.37. The highest BCUT2D eigenvalue weighted by Gasteiger charge is 2.26. The molecule has 1 aromatic carbocycles. The number of aromatic nitrogens is 2. The van der Waals surface area contributed by atoms with Crippen molar-refractivity contribution in [2.75, 3.05) is 20.2 Å². The first-order valence-corrected chi connectivity index (χ1v) is 9.29. The van der Waals surface area contributed by atoms with Crippen LogP contribution in [0.5, 0.6) is 5.75 Å². The fourth-order valence-electron chi connectivity index (χ4n) is 3.08. The van der Waals surface area contributed by atoms with E-state index in [9.17, 15) is 4.79 Å². The number of hydrogen-bond donors (Lipinski definition) is 0. The van der Waals surface area contributed by atoms with Gasteiger partial charge in [0.25, 0.3) is 0 Å². The Morgan fingerprint density at radius 3 is 2.75 bits per heavy atom. The van der Waals surface area contributed by atoms with Gasteiger partial charge in [-0.15, -0.1) is 10.2 Å². The summed E-state index contributed by atoms with van der Waals surface area (Å²) in [5.74, 6) is 1.50. The number of carbonyl (C=O) groups is 1.